The zero-order chi connectivity index (χ0) is 13.0. The van der Waals surface area contributed by atoms with Crippen molar-refractivity contribution >= 4 is 5.91 Å². The van der Waals surface area contributed by atoms with Crippen LogP contribution in [0.2, 0.25) is 0 Å². The number of rotatable bonds is 4. The Morgan fingerprint density at radius 2 is 1.94 bits per heavy atom. The molecule has 0 unspecified atom stereocenters. The monoisotopic (exact) mass is 241 g/mol. The van der Waals surface area contributed by atoms with Gasteiger partial charge in [-0.2, -0.15) is 0 Å². The molecule has 2 aromatic rings. The van der Waals surface area contributed by atoms with Crippen molar-refractivity contribution in [2.45, 2.75) is 19.8 Å². The van der Waals surface area contributed by atoms with E-state index >= 15 is 0 Å². The van der Waals surface area contributed by atoms with Gasteiger partial charge in [-0.15, -0.1) is 0 Å². The van der Waals surface area contributed by atoms with Gasteiger partial charge in [0.15, 0.2) is 0 Å². The minimum absolute atomic E-state index is 0.0464. The van der Waals surface area contributed by atoms with Gasteiger partial charge in [0.2, 0.25) is 5.82 Å². The molecule has 1 heterocycles. The minimum atomic E-state index is -0.612. The first-order chi connectivity index (χ1) is 8.70. The Morgan fingerprint density at radius 1 is 1.22 bits per heavy atom. The summed E-state index contributed by atoms with van der Waals surface area (Å²) in [5, 5.41) is 0. The summed E-state index contributed by atoms with van der Waals surface area (Å²) in [6.07, 6.45) is 3.73. The van der Waals surface area contributed by atoms with E-state index in [2.05, 4.69) is 29.0 Å². The Kier molecular flexibility index (Phi) is 3.67. The summed E-state index contributed by atoms with van der Waals surface area (Å²) >= 11 is 0. The van der Waals surface area contributed by atoms with Gasteiger partial charge in [0.05, 0.1) is 5.69 Å². The van der Waals surface area contributed by atoms with E-state index in [1.807, 2.05) is 12.1 Å². The van der Waals surface area contributed by atoms with Crippen LogP contribution in [0.25, 0.3) is 11.3 Å². The van der Waals surface area contributed by atoms with Gasteiger partial charge in [-0.05, 0) is 18.1 Å². The van der Waals surface area contributed by atoms with E-state index in [4.69, 9.17) is 5.73 Å². The highest BCUT2D eigenvalue weighted by molar-refractivity contribution is 5.89. The van der Waals surface area contributed by atoms with Gasteiger partial charge in [-0.25, -0.2) is 9.97 Å². The van der Waals surface area contributed by atoms with Crippen LogP contribution in [0.4, 0.5) is 0 Å². The number of aromatic nitrogens is 2. The van der Waals surface area contributed by atoms with E-state index in [9.17, 15) is 4.79 Å². The summed E-state index contributed by atoms with van der Waals surface area (Å²) in [5.74, 6) is -0.565. The SMILES string of the molecule is CCCc1ccc(-c2ccnc(C(N)=O)n2)cc1. The molecule has 0 saturated carbocycles. The lowest BCUT2D eigenvalue weighted by molar-refractivity contribution is 0.0990. The highest BCUT2D eigenvalue weighted by Crippen LogP contribution is 2.17. The molecular weight excluding hydrogens is 226 g/mol. The fourth-order valence-corrected chi connectivity index (χ4v) is 1.77. The van der Waals surface area contributed by atoms with Crippen LogP contribution in [0.15, 0.2) is 36.5 Å². The standard InChI is InChI=1S/C14H15N3O/c1-2-3-10-4-6-11(7-5-10)12-8-9-16-14(17-12)13(15)18/h4-9H,2-3H2,1H3,(H2,15,18). The molecule has 18 heavy (non-hydrogen) atoms. The normalized spacial score (nSPS) is 10.3. The van der Waals surface area contributed by atoms with Gasteiger partial charge in [-0.1, -0.05) is 37.6 Å². The number of nitrogens with zero attached hydrogens (tertiary/aromatic N) is 2. The summed E-state index contributed by atoms with van der Waals surface area (Å²) in [7, 11) is 0. The van der Waals surface area contributed by atoms with E-state index in [1.54, 1.807) is 12.3 Å². The molecule has 0 radical (unpaired) electrons. The second-order valence-electron chi connectivity index (χ2n) is 4.08. The molecule has 0 aliphatic rings. The van der Waals surface area contributed by atoms with Crippen LogP contribution in [0.1, 0.15) is 29.5 Å². The van der Waals surface area contributed by atoms with Crippen LogP contribution < -0.4 is 5.73 Å². The maximum Gasteiger partial charge on any atom is 0.286 e. The van der Waals surface area contributed by atoms with Gasteiger partial charge >= 0.3 is 0 Å². The first-order valence-electron chi connectivity index (χ1n) is 5.93. The Bertz CT molecular complexity index is 549. The second kappa shape index (κ2) is 5.40. The van der Waals surface area contributed by atoms with Crippen LogP contribution >= 0.6 is 0 Å². The molecule has 0 aliphatic heterocycles. The number of carbonyl (C=O) groups is 1. The maximum atomic E-state index is 11.0. The molecule has 1 amide bonds. The summed E-state index contributed by atoms with van der Waals surface area (Å²) in [6.45, 7) is 2.15. The number of benzene rings is 1. The number of amides is 1. The smallest absolute Gasteiger partial charge is 0.286 e. The molecule has 4 nitrogen and oxygen atoms in total. The fourth-order valence-electron chi connectivity index (χ4n) is 1.77. The third-order valence-corrected chi connectivity index (χ3v) is 2.66. The third kappa shape index (κ3) is 2.71. The minimum Gasteiger partial charge on any atom is -0.363 e. The molecule has 0 bridgehead atoms. The number of nitrogens with two attached hydrogens (primary N) is 1. The van der Waals surface area contributed by atoms with Gasteiger partial charge < -0.3 is 5.73 Å². The van der Waals surface area contributed by atoms with Crippen molar-refractivity contribution in [2.24, 2.45) is 5.73 Å². The highest BCUT2D eigenvalue weighted by atomic mass is 16.1. The Balaban J connectivity index is 2.30. The third-order valence-electron chi connectivity index (χ3n) is 2.66. The Labute approximate surface area is 106 Å². The average Bonchev–Trinajstić information content (AvgIpc) is 2.40. The summed E-state index contributed by atoms with van der Waals surface area (Å²) < 4.78 is 0. The molecule has 2 N–H and O–H groups in total. The number of hydrogen-bond donors (Lipinski definition) is 1. The van der Waals surface area contributed by atoms with Crippen molar-refractivity contribution in [3.8, 4) is 11.3 Å². The number of hydrogen-bond acceptors (Lipinski definition) is 3. The van der Waals surface area contributed by atoms with Crippen molar-refractivity contribution in [2.75, 3.05) is 0 Å². The molecule has 0 aliphatic carbocycles. The van der Waals surface area contributed by atoms with Gasteiger partial charge in [0, 0.05) is 11.8 Å². The number of primary amides is 1. The maximum absolute atomic E-state index is 11.0. The first-order valence-corrected chi connectivity index (χ1v) is 5.93. The van der Waals surface area contributed by atoms with E-state index in [-0.39, 0.29) is 5.82 Å². The van der Waals surface area contributed by atoms with Crippen LogP contribution in [-0.4, -0.2) is 15.9 Å². The largest absolute Gasteiger partial charge is 0.363 e. The lowest BCUT2D eigenvalue weighted by Gasteiger charge is -2.03. The first kappa shape index (κ1) is 12.2. The van der Waals surface area contributed by atoms with Crippen molar-refractivity contribution in [1.82, 2.24) is 9.97 Å². The van der Waals surface area contributed by atoms with Crippen LogP contribution in [0, 0.1) is 0 Å². The Morgan fingerprint density at radius 3 is 2.56 bits per heavy atom. The number of carbonyl (C=O) groups excluding carboxylic acids is 1. The predicted octanol–water partition coefficient (Wildman–Crippen LogP) is 2.19. The second-order valence-corrected chi connectivity index (χ2v) is 4.08. The molecule has 4 heteroatoms. The molecule has 2 rings (SSSR count). The lowest BCUT2D eigenvalue weighted by Crippen LogP contribution is -2.15. The fraction of sp³-hybridized carbons (Fsp3) is 0.214. The average molecular weight is 241 g/mol. The Hall–Kier alpha value is -2.23. The zero-order valence-corrected chi connectivity index (χ0v) is 10.3. The topological polar surface area (TPSA) is 68.9 Å². The summed E-state index contributed by atoms with van der Waals surface area (Å²) in [5.41, 5.74) is 8.13. The van der Waals surface area contributed by atoms with Crippen molar-refractivity contribution < 1.29 is 4.79 Å². The molecule has 0 atom stereocenters. The van der Waals surface area contributed by atoms with E-state index < -0.39 is 5.91 Å². The van der Waals surface area contributed by atoms with Crippen molar-refractivity contribution in [3.05, 3.63) is 47.9 Å². The molecule has 92 valence electrons. The lowest BCUT2D eigenvalue weighted by atomic mass is 10.1. The predicted molar refractivity (Wildman–Crippen MR) is 70.0 cm³/mol. The van der Waals surface area contributed by atoms with Crippen LogP contribution in [0.5, 0.6) is 0 Å². The highest BCUT2D eigenvalue weighted by Gasteiger charge is 2.06. The summed E-state index contributed by atoms with van der Waals surface area (Å²) in [6, 6.07) is 9.91. The summed E-state index contributed by atoms with van der Waals surface area (Å²) in [4.78, 5) is 19.0. The number of aryl methyl sites for hydroxylation is 1. The molecule has 1 aromatic heterocycles. The van der Waals surface area contributed by atoms with Crippen molar-refractivity contribution in [1.29, 1.82) is 0 Å². The quantitative estimate of drug-likeness (QED) is 0.892. The van der Waals surface area contributed by atoms with E-state index in [0.29, 0.717) is 5.69 Å². The van der Waals surface area contributed by atoms with Gasteiger partial charge in [-0.3, -0.25) is 4.79 Å². The molecule has 1 aromatic carbocycles. The van der Waals surface area contributed by atoms with Gasteiger partial charge in [0.1, 0.15) is 0 Å². The van der Waals surface area contributed by atoms with E-state index in [0.717, 1.165) is 18.4 Å². The van der Waals surface area contributed by atoms with Crippen LogP contribution in [0.3, 0.4) is 0 Å². The molecular formula is C14H15N3O. The zero-order valence-electron chi connectivity index (χ0n) is 10.3. The van der Waals surface area contributed by atoms with Crippen LogP contribution in [-0.2, 0) is 6.42 Å². The van der Waals surface area contributed by atoms with Gasteiger partial charge in [0.25, 0.3) is 5.91 Å². The molecule has 0 spiro atoms. The van der Waals surface area contributed by atoms with E-state index in [1.165, 1.54) is 5.56 Å². The molecule has 0 fully saturated rings. The molecule has 0 saturated heterocycles. The van der Waals surface area contributed by atoms with Crippen molar-refractivity contribution in [3.63, 3.8) is 0 Å².